The third-order valence-electron chi connectivity index (χ3n) is 6.46. The minimum Gasteiger partial charge on any atom is -0.366 e. The van der Waals surface area contributed by atoms with Gasteiger partial charge in [-0.15, -0.1) is 0 Å². The monoisotopic (exact) mass is 386 g/mol. The molecular formula is C21H30N4O3. The average molecular weight is 386 g/mol. The Morgan fingerprint density at radius 1 is 1.18 bits per heavy atom. The summed E-state index contributed by atoms with van der Waals surface area (Å²) in [4.78, 5) is 42.9. The van der Waals surface area contributed by atoms with Crippen molar-refractivity contribution in [1.29, 1.82) is 0 Å². The lowest BCUT2D eigenvalue weighted by Gasteiger charge is -2.52. The van der Waals surface area contributed by atoms with Gasteiger partial charge in [0.05, 0.1) is 17.4 Å². The van der Waals surface area contributed by atoms with E-state index in [9.17, 15) is 14.4 Å². The Kier molecular flexibility index (Phi) is 6.01. The van der Waals surface area contributed by atoms with Crippen LogP contribution in [0.2, 0.25) is 0 Å². The maximum atomic E-state index is 13.1. The summed E-state index contributed by atoms with van der Waals surface area (Å²) in [5.74, 6) is -1.04. The van der Waals surface area contributed by atoms with Crippen LogP contribution in [-0.2, 0) is 9.59 Å². The zero-order chi connectivity index (χ0) is 20.3. The van der Waals surface area contributed by atoms with Crippen LogP contribution in [0.15, 0.2) is 18.5 Å². The fourth-order valence-electron chi connectivity index (χ4n) is 4.70. The van der Waals surface area contributed by atoms with Crippen molar-refractivity contribution in [2.45, 2.75) is 64.3 Å². The molecule has 2 aliphatic rings. The van der Waals surface area contributed by atoms with E-state index in [2.05, 4.69) is 24.1 Å². The molecule has 0 unspecified atom stereocenters. The molecule has 0 bridgehead atoms. The van der Waals surface area contributed by atoms with Crippen molar-refractivity contribution in [1.82, 2.24) is 9.88 Å². The third-order valence-corrected chi connectivity index (χ3v) is 6.46. The summed E-state index contributed by atoms with van der Waals surface area (Å²) in [6.07, 6.45) is 10.6. The van der Waals surface area contributed by atoms with Crippen molar-refractivity contribution in [3.05, 3.63) is 24.0 Å². The van der Waals surface area contributed by atoms with E-state index >= 15 is 0 Å². The number of hydrogen-bond acceptors (Lipinski definition) is 4. The second-order valence-corrected chi connectivity index (χ2v) is 8.53. The number of nitrogens with zero attached hydrogens (tertiary/aromatic N) is 2. The predicted molar refractivity (Wildman–Crippen MR) is 106 cm³/mol. The van der Waals surface area contributed by atoms with E-state index in [1.165, 1.54) is 37.7 Å². The normalized spacial score (nSPS) is 25.9. The highest BCUT2D eigenvalue weighted by Crippen LogP contribution is 2.43. The first kappa shape index (κ1) is 20.3. The Balaban J connectivity index is 1.78. The number of nitrogens with one attached hydrogen (secondary N) is 1. The Labute approximate surface area is 166 Å². The van der Waals surface area contributed by atoms with E-state index in [1.807, 2.05) is 0 Å². The number of hydrogen-bond donors (Lipinski definition) is 2. The van der Waals surface area contributed by atoms with Crippen molar-refractivity contribution in [2.24, 2.45) is 17.6 Å². The summed E-state index contributed by atoms with van der Waals surface area (Å²) in [6.45, 7) is 4.87. The number of nitrogens with two attached hydrogens (primary N) is 1. The molecule has 7 heteroatoms. The number of pyridine rings is 1. The smallest absolute Gasteiger partial charge is 0.313 e. The Hall–Kier alpha value is -2.44. The van der Waals surface area contributed by atoms with Crippen molar-refractivity contribution >= 4 is 23.4 Å². The first-order valence-electron chi connectivity index (χ1n) is 10.2. The number of aromatic nitrogens is 1. The molecule has 152 valence electrons. The zero-order valence-electron chi connectivity index (χ0n) is 16.7. The molecule has 2 heterocycles. The molecule has 3 amide bonds. The van der Waals surface area contributed by atoms with Crippen LogP contribution in [0.1, 0.15) is 69.2 Å². The number of anilines is 1. The summed E-state index contributed by atoms with van der Waals surface area (Å²) in [6, 6.07) is 1.43. The number of piperidine rings is 1. The lowest BCUT2D eigenvalue weighted by molar-refractivity contribution is -0.153. The molecule has 0 radical (unpaired) electrons. The van der Waals surface area contributed by atoms with Crippen LogP contribution in [0.3, 0.4) is 0 Å². The van der Waals surface area contributed by atoms with Crippen molar-refractivity contribution in [2.75, 3.05) is 11.9 Å². The quantitative estimate of drug-likeness (QED) is 0.779. The minimum absolute atomic E-state index is 0.184. The minimum atomic E-state index is -0.695. The average Bonchev–Trinajstić information content (AvgIpc) is 2.70. The van der Waals surface area contributed by atoms with Gasteiger partial charge in [0.2, 0.25) is 5.91 Å². The maximum Gasteiger partial charge on any atom is 0.313 e. The highest BCUT2D eigenvalue weighted by Gasteiger charge is 2.46. The molecule has 1 aliphatic carbocycles. The van der Waals surface area contributed by atoms with E-state index in [0.717, 1.165) is 25.7 Å². The zero-order valence-corrected chi connectivity index (χ0v) is 16.7. The van der Waals surface area contributed by atoms with Crippen LogP contribution in [0.25, 0.3) is 0 Å². The van der Waals surface area contributed by atoms with Gasteiger partial charge in [-0.05, 0) is 50.5 Å². The van der Waals surface area contributed by atoms with Gasteiger partial charge in [0.25, 0.3) is 0 Å². The summed E-state index contributed by atoms with van der Waals surface area (Å²) >= 11 is 0. The van der Waals surface area contributed by atoms with Gasteiger partial charge in [0.15, 0.2) is 0 Å². The van der Waals surface area contributed by atoms with Crippen LogP contribution >= 0.6 is 0 Å². The highest BCUT2D eigenvalue weighted by molar-refractivity contribution is 6.39. The van der Waals surface area contributed by atoms with Crippen molar-refractivity contribution < 1.29 is 14.4 Å². The fourth-order valence-corrected chi connectivity index (χ4v) is 4.70. The Bertz CT molecular complexity index is 760. The van der Waals surface area contributed by atoms with Crippen LogP contribution in [0.4, 0.5) is 5.69 Å². The summed E-state index contributed by atoms with van der Waals surface area (Å²) in [7, 11) is 0. The number of likely N-dealkylation sites (tertiary alicyclic amines) is 1. The van der Waals surface area contributed by atoms with Gasteiger partial charge in [-0.2, -0.15) is 0 Å². The molecule has 1 aliphatic heterocycles. The number of rotatable bonds is 3. The highest BCUT2D eigenvalue weighted by atomic mass is 16.2. The second-order valence-electron chi connectivity index (χ2n) is 8.53. The van der Waals surface area contributed by atoms with Crippen molar-refractivity contribution in [3.8, 4) is 0 Å². The van der Waals surface area contributed by atoms with Crippen molar-refractivity contribution in [3.63, 3.8) is 0 Å². The van der Waals surface area contributed by atoms with E-state index in [0.29, 0.717) is 24.1 Å². The van der Waals surface area contributed by atoms with Crippen LogP contribution < -0.4 is 11.1 Å². The molecule has 3 rings (SSSR count). The first-order chi connectivity index (χ1) is 13.3. The summed E-state index contributed by atoms with van der Waals surface area (Å²) in [5.41, 5.74) is 5.45. The summed E-state index contributed by atoms with van der Waals surface area (Å²) in [5, 5.41) is 2.59. The van der Waals surface area contributed by atoms with Gasteiger partial charge >= 0.3 is 11.8 Å². The number of carbonyl (C=O) groups is 3. The van der Waals surface area contributed by atoms with E-state index in [-0.39, 0.29) is 11.1 Å². The predicted octanol–water partition coefficient (Wildman–Crippen LogP) is 2.72. The number of primary amides is 1. The molecule has 28 heavy (non-hydrogen) atoms. The molecule has 2 fully saturated rings. The molecule has 1 saturated heterocycles. The molecular weight excluding hydrogens is 356 g/mol. The Morgan fingerprint density at radius 2 is 1.89 bits per heavy atom. The van der Waals surface area contributed by atoms with Gasteiger partial charge in [0, 0.05) is 18.3 Å². The fraction of sp³-hybridized carbons (Fsp3) is 0.619. The van der Waals surface area contributed by atoms with Gasteiger partial charge < -0.3 is 16.0 Å². The largest absolute Gasteiger partial charge is 0.366 e. The van der Waals surface area contributed by atoms with Gasteiger partial charge in [-0.1, -0.05) is 26.2 Å². The van der Waals surface area contributed by atoms with Crippen LogP contribution in [0.5, 0.6) is 0 Å². The first-order valence-corrected chi connectivity index (χ1v) is 10.2. The van der Waals surface area contributed by atoms with Gasteiger partial charge in [0.1, 0.15) is 0 Å². The van der Waals surface area contributed by atoms with Gasteiger partial charge in [-0.25, -0.2) is 0 Å². The maximum absolute atomic E-state index is 13.1. The molecule has 1 aromatic heterocycles. The van der Waals surface area contributed by atoms with Crippen LogP contribution in [-0.4, -0.2) is 39.7 Å². The molecule has 0 spiro atoms. The molecule has 0 aromatic carbocycles. The molecule has 1 aromatic rings. The molecule has 1 saturated carbocycles. The third kappa shape index (κ3) is 4.18. The standard InChI is InChI=1S/C21H30N4O3/c1-14-8-9-21(2,16-6-4-3-5-7-16)25(13-14)20(28)19(27)24-17-10-15(18(22)26)11-23-12-17/h10-12,14,16H,3-9,13H2,1-2H3,(H2,22,26)(H,24,27)/t14-,21+/m1/s1. The van der Waals surface area contributed by atoms with E-state index in [1.54, 1.807) is 4.90 Å². The number of amides is 3. The lowest BCUT2D eigenvalue weighted by Crippen LogP contribution is -2.61. The number of carbonyl (C=O) groups excluding carboxylic acids is 3. The molecule has 2 atom stereocenters. The molecule has 7 nitrogen and oxygen atoms in total. The van der Waals surface area contributed by atoms with Crippen LogP contribution in [0, 0.1) is 11.8 Å². The van der Waals surface area contributed by atoms with E-state index in [4.69, 9.17) is 5.73 Å². The topological polar surface area (TPSA) is 105 Å². The Morgan fingerprint density at radius 3 is 2.57 bits per heavy atom. The van der Waals surface area contributed by atoms with E-state index < -0.39 is 17.7 Å². The second kappa shape index (κ2) is 8.29. The van der Waals surface area contributed by atoms with Gasteiger partial charge in [-0.3, -0.25) is 19.4 Å². The SMILES string of the molecule is C[C@@H]1CC[C@@](C)(C2CCCCC2)N(C(=O)C(=O)Nc2cncc(C(N)=O)c2)C1. The summed E-state index contributed by atoms with van der Waals surface area (Å²) < 4.78 is 0. The lowest BCUT2D eigenvalue weighted by atomic mass is 9.69. The molecule has 3 N–H and O–H groups in total.